The predicted molar refractivity (Wildman–Crippen MR) is 96.9 cm³/mol. The number of hydrogen-bond acceptors (Lipinski definition) is 5. The van der Waals surface area contributed by atoms with E-state index < -0.39 is 6.10 Å². The second kappa shape index (κ2) is 9.97. The zero-order chi connectivity index (χ0) is 18.2. The molecule has 1 aliphatic heterocycles. The fraction of sp³-hybridized carbons (Fsp3) is 0.611. The SMILES string of the molecule is CCOC(=O)N1CCN(CC(O)COC(C)c2ccc(Cl)cc2)CC1. The molecule has 1 heterocycles. The molecule has 25 heavy (non-hydrogen) atoms. The molecule has 0 aliphatic carbocycles. The van der Waals surface area contributed by atoms with Gasteiger partial charge >= 0.3 is 6.09 Å². The highest BCUT2D eigenvalue weighted by Gasteiger charge is 2.23. The minimum atomic E-state index is -0.566. The standard InChI is InChI=1S/C18H27ClN2O4/c1-3-24-18(23)21-10-8-20(9-11-21)12-17(22)13-25-14(2)15-4-6-16(19)7-5-15/h4-7,14,17,22H,3,8-13H2,1-2H3. The quantitative estimate of drug-likeness (QED) is 0.799. The first-order chi connectivity index (χ1) is 12.0. The predicted octanol–water partition coefficient (Wildman–Crippen LogP) is 2.55. The van der Waals surface area contributed by atoms with Gasteiger partial charge < -0.3 is 19.5 Å². The molecule has 1 aliphatic rings. The minimum Gasteiger partial charge on any atom is -0.450 e. The lowest BCUT2D eigenvalue weighted by Crippen LogP contribution is -2.51. The maximum absolute atomic E-state index is 11.7. The Morgan fingerprint density at radius 1 is 1.24 bits per heavy atom. The molecule has 2 atom stereocenters. The van der Waals surface area contributed by atoms with Gasteiger partial charge in [-0.05, 0) is 31.5 Å². The summed E-state index contributed by atoms with van der Waals surface area (Å²) in [5.41, 5.74) is 1.03. The third kappa shape index (κ3) is 6.47. The number of piperazine rings is 1. The van der Waals surface area contributed by atoms with Crippen molar-refractivity contribution in [3.8, 4) is 0 Å². The lowest BCUT2D eigenvalue weighted by Gasteiger charge is -2.35. The number of halogens is 1. The molecule has 2 unspecified atom stereocenters. The van der Waals surface area contributed by atoms with Crippen molar-refractivity contribution >= 4 is 17.7 Å². The van der Waals surface area contributed by atoms with Gasteiger partial charge in [-0.25, -0.2) is 4.79 Å². The second-order valence-electron chi connectivity index (χ2n) is 6.17. The topological polar surface area (TPSA) is 62.2 Å². The van der Waals surface area contributed by atoms with E-state index >= 15 is 0 Å². The van der Waals surface area contributed by atoms with Crippen LogP contribution in [0.4, 0.5) is 4.79 Å². The van der Waals surface area contributed by atoms with Crippen LogP contribution >= 0.6 is 11.6 Å². The summed E-state index contributed by atoms with van der Waals surface area (Å²) in [5, 5.41) is 10.9. The van der Waals surface area contributed by atoms with Crippen molar-refractivity contribution in [1.82, 2.24) is 9.80 Å². The normalized spacial score (nSPS) is 18.0. The summed E-state index contributed by atoms with van der Waals surface area (Å²) < 4.78 is 10.8. The minimum absolute atomic E-state index is 0.104. The van der Waals surface area contributed by atoms with E-state index in [0.717, 1.165) is 18.7 Å². The van der Waals surface area contributed by atoms with Crippen LogP contribution in [-0.4, -0.2) is 73.0 Å². The number of ether oxygens (including phenoxy) is 2. The maximum atomic E-state index is 11.7. The van der Waals surface area contributed by atoms with Crippen LogP contribution < -0.4 is 0 Å². The van der Waals surface area contributed by atoms with Gasteiger partial charge in [0.15, 0.2) is 0 Å². The fourth-order valence-corrected chi connectivity index (χ4v) is 2.89. The smallest absolute Gasteiger partial charge is 0.409 e. The van der Waals surface area contributed by atoms with Gasteiger partial charge in [0.2, 0.25) is 0 Å². The summed E-state index contributed by atoms with van der Waals surface area (Å²) in [5.74, 6) is 0. The van der Waals surface area contributed by atoms with Gasteiger partial charge in [0, 0.05) is 37.7 Å². The molecule has 140 valence electrons. The number of rotatable bonds is 7. The zero-order valence-corrected chi connectivity index (χ0v) is 15.6. The molecule has 1 saturated heterocycles. The molecule has 1 aromatic carbocycles. The van der Waals surface area contributed by atoms with Crippen LogP contribution in [0.15, 0.2) is 24.3 Å². The molecule has 2 rings (SSSR count). The van der Waals surface area contributed by atoms with Gasteiger partial charge in [0.25, 0.3) is 0 Å². The Morgan fingerprint density at radius 2 is 1.88 bits per heavy atom. The van der Waals surface area contributed by atoms with Crippen LogP contribution in [0.25, 0.3) is 0 Å². The highest BCUT2D eigenvalue weighted by Crippen LogP contribution is 2.19. The highest BCUT2D eigenvalue weighted by molar-refractivity contribution is 6.30. The van der Waals surface area contributed by atoms with Crippen LogP contribution in [0.2, 0.25) is 5.02 Å². The molecule has 1 fully saturated rings. The van der Waals surface area contributed by atoms with Crippen LogP contribution in [0.1, 0.15) is 25.5 Å². The van der Waals surface area contributed by atoms with Crippen molar-refractivity contribution in [2.45, 2.75) is 26.1 Å². The molecule has 0 aromatic heterocycles. The molecular weight excluding hydrogens is 344 g/mol. The van der Waals surface area contributed by atoms with Crippen molar-refractivity contribution < 1.29 is 19.4 Å². The van der Waals surface area contributed by atoms with E-state index in [1.165, 1.54) is 0 Å². The van der Waals surface area contributed by atoms with E-state index in [0.29, 0.717) is 31.3 Å². The molecule has 1 amide bonds. The van der Waals surface area contributed by atoms with Crippen molar-refractivity contribution in [3.63, 3.8) is 0 Å². The first-order valence-electron chi connectivity index (χ1n) is 8.68. The average Bonchev–Trinajstić information content (AvgIpc) is 2.61. The van der Waals surface area contributed by atoms with Crippen LogP contribution in [0, 0.1) is 0 Å². The number of aliphatic hydroxyl groups excluding tert-OH is 1. The van der Waals surface area contributed by atoms with E-state index in [1.807, 2.05) is 31.2 Å². The summed E-state index contributed by atoms with van der Waals surface area (Å²) in [4.78, 5) is 15.5. The number of nitrogens with zero attached hydrogens (tertiary/aromatic N) is 2. The maximum Gasteiger partial charge on any atom is 0.409 e. The van der Waals surface area contributed by atoms with Crippen molar-refractivity contribution in [1.29, 1.82) is 0 Å². The van der Waals surface area contributed by atoms with Crippen molar-refractivity contribution in [2.24, 2.45) is 0 Å². The van der Waals surface area contributed by atoms with E-state index in [-0.39, 0.29) is 18.8 Å². The Morgan fingerprint density at radius 3 is 2.48 bits per heavy atom. The Hall–Kier alpha value is -1.34. The van der Waals surface area contributed by atoms with E-state index in [1.54, 1.807) is 11.8 Å². The van der Waals surface area contributed by atoms with Gasteiger partial charge in [0.1, 0.15) is 0 Å². The van der Waals surface area contributed by atoms with Crippen LogP contribution in [0.3, 0.4) is 0 Å². The molecule has 1 aromatic rings. The number of carbonyl (C=O) groups is 1. The van der Waals surface area contributed by atoms with Gasteiger partial charge in [0.05, 0.1) is 25.4 Å². The third-order valence-electron chi connectivity index (χ3n) is 4.25. The summed E-state index contributed by atoms with van der Waals surface area (Å²) >= 11 is 5.88. The monoisotopic (exact) mass is 370 g/mol. The fourth-order valence-electron chi connectivity index (χ4n) is 2.76. The molecular formula is C18H27ClN2O4. The first kappa shape index (κ1) is 20.0. The Kier molecular flexibility index (Phi) is 7.96. The van der Waals surface area contributed by atoms with Crippen LogP contribution in [0.5, 0.6) is 0 Å². The van der Waals surface area contributed by atoms with Gasteiger partial charge in [-0.3, -0.25) is 4.90 Å². The van der Waals surface area contributed by atoms with Gasteiger partial charge in [-0.1, -0.05) is 23.7 Å². The number of aliphatic hydroxyl groups is 1. The van der Waals surface area contributed by atoms with Gasteiger partial charge in [-0.15, -0.1) is 0 Å². The number of carbonyl (C=O) groups excluding carboxylic acids is 1. The summed E-state index contributed by atoms with van der Waals surface area (Å²) in [6.45, 7) is 7.63. The van der Waals surface area contributed by atoms with Crippen LogP contribution in [-0.2, 0) is 9.47 Å². The Bertz CT molecular complexity index is 532. The zero-order valence-electron chi connectivity index (χ0n) is 14.9. The molecule has 0 radical (unpaired) electrons. The molecule has 0 spiro atoms. The van der Waals surface area contributed by atoms with Gasteiger partial charge in [-0.2, -0.15) is 0 Å². The number of benzene rings is 1. The molecule has 1 N–H and O–H groups in total. The Balaban J connectivity index is 1.68. The van der Waals surface area contributed by atoms with Crippen molar-refractivity contribution in [3.05, 3.63) is 34.9 Å². The molecule has 0 saturated carbocycles. The molecule has 6 nitrogen and oxygen atoms in total. The summed E-state index contributed by atoms with van der Waals surface area (Å²) in [7, 11) is 0. The average molecular weight is 371 g/mol. The van der Waals surface area contributed by atoms with E-state index in [2.05, 4.69) is 4.90 Å². The Labute approximate surface area is 154 Å². The van der Waals surface area contributed by atoms with Crippen molar-refractivity contribution in [2.75, 3.05) is 45.9 Å². The number of β-amino-alcohol motifs (C(OH)–C–C–N with tert-alkyl or cyclic N) is 1. The lowest BCUT2D eigenvalue weighted by atomic mass is 10.1. The van der Waals surface area contributed by atoms with E-state index in [4.69, 9.17) is 21.1 Å². The second-order valence-corrected chi connectivity index (χ2v) is 6.60. The highest BCUT2D eigenvalue weighted by atomic mass is 35.5. The third-order valence-corrected chi connectivity index (χ3v) is 4.50. The molecule has 7 heteroatoms. The number of hydrogen-bond donors (Lipinski definition) is 1. The number of amides is 1. The van der Waals surface area contributed by atoms with E-state index in [9.17, 15) is 9.90 Å². The summed E-state index contributed by atoms with van der Waals surface area (Å²) in [6.07, 6.45) is -0.931. The first-order valence-corrected chi connectivity index (χ1v) is 9.06. The molecule has 0 bridgehead atoms. The lowest BCUT2D eigenvalue weighted by molar-refractivity contribution is -0.0208. The largest absolute Gasteiger partial charge is 0.450 e. The summed E-state index contributed by atoms with van der Waals surface area (Å²) in [6, 6.07) is 7.51.